The third-order valence-electron chi connectivity index (χ3n) is 3.64. The largest absolute Gasteiger partial charge is 0.484 e. The number of amides is 1. The minimum absolute atomic E-state index is 0.0277. The van der Waals surface area contributed by atoms with Gasteiger partial charge in [0.05, 0.1) is 6.04 Å². The summed E-state index contributed by atoms with van der Waals surface area (Å²) in [4.78, 5) is 13.4. The number of fused-ring (bicyclic) bond motifs is 1. The van der Waals surface area contributed by atoms with Gasteiger partial charge in [-0.1, -0.05) is 0 Å². The van der Waals surface area contributed by atoms with Crippen LogP contribution in [0.3, 0.4) is 0 Å². The average molecular weight is 302 g/mol. The molecule has 3 N–H and O–H groups in total. The van der Waals surface area contributed by atoms with Crippen LogP contribution in [0.4, 0.5) is 5.69 Å². The number of aryl methyl sites for hydroxylation is 1. The molecular formula is C16H18N2O2S. The molecule has 0 aliphatic heterocycles. The lowest BCUT2D eigenvalue weighted by atomic mass is 9.94. The Morgan fingerprint density at radius 2 is 2.14 bits per heavy atom. The Morgan fingerprint density at radius 3 is 2.95 bits per heavy atom. The number of nitrogen functional groups attached to an aromatic ring is 1. The van der Waals surface area contributed by atoms with Gasteiger partial charge in [0.2, 0.25) is 0 Å². The van der Waals surface area contributed by atoms with Gasteiger partial charge in [0, 0.05) is 10.6 Å². The van der Waals surface area contributed by atoms with Crippen molar-refractivity contribution in [2.24, 2.45) is 0 Å². The standard InChI is InChI=1S/C16H18N2O2S/c17-11-4-6-12(7-5-11)20-10-16(19)18-14-2-1-3-15-13(14)8-9-21-15/h4-9,14H,1-3,10,17H2,(H,18,19). The molecule has 5 heteroatoms. The number of rotatable bonds is 4. The zero-order valence-corrected chi connectivity index (χ0v) is 12.5. The Kier molecular flexibility index (Phi) is 4.10. The molecule has 1 unspecified atom stereocenters. The van der Waals surface area contributed by atoms with E-state index < -0.39 is 0 Å². The van der Waals surface area contributed by atoms with Gasteiger partial charge in [-0.15, -0.1) is 11.3 Å². The topological polar surface area (TPSA) is 64.3 Å². The number of hydrogen-bond donors (Lipinski definition) is 2. The predicted molar refractivity (Wildman–Crippen MR) is 84.5 cm³/mol. The van der Waals surface area contributed by atoms with Gasteiger partial charge < -0.3 is 15.8 Å². The normalized spacial score (nSPS) is 17.0. The summed E-state index contributed by atoms with van der Waals surface area (Å²) in [5.74, 6) is 0.565. The van der Waals surface area contributed by atoms with Crippen molar-refractivity contribution in [3.05, 3.63) is 46.2 Å². The van der Waals surface area contributed by atoms with Crippen molar-refractivity contribution in [2.75, 3.05) is 12.3 Å². The molecule has 4 nitrogen and oxygen atoms in total. The minimum atomic E-state index is -0.0872. The van der Waals surface area contributed by atoms with E-state index in [1.54, 1.807) is 35.6 Å². The highest BCUT2D eigenvalue weighted by Crippen LogP contribution is 2.33. The van der Waals surface area contributed by atoms with Crippen LogP contribution >= 0.6 is 11.3 Å². The zero-order valence-electron chi connectivity index (χ0n) is 11.7. The van der Waals surface area contributed by atoms with Gasteiger partial charge in [0.25, 0.3) is 5.91 Å². The second-order valence-electron chi connectivity index (χ2n) is 5.17. The number of thiophene rings is 1. The van der Waals surface area contributed by atoms with E-state index in [4.69, 9.17) is 10.5 Å². The molecule has 1 aliphatic carbocycles. The highest BCUT2D eigenvalue weighted by Gasteiger charge is 2.22. The van der Waals surface area contributed by atoms with Gasteiger partial charge in [-0.2, -0.15) is 0 Å². The van der Waals surface area contributed by atoms with Crippen molar-refractivity contribution >= 4 is 22.9 Å². The summed E-state index contributed by atoms with van der Waals surface area (Å²) in [6, 6.07) is 9.28. The van der Waals surface area contributed by atoms with Crippen LogP contribution in [-0.4, -0.2) is 12.5 Å². The molecule has 1 aliphatic rings. The summed E-state index contributed by atoms with van der Waals surface area (Å²) in [7, 11) is 0. The van der Waals surface area contributed by atoms with Crippen LogP contribution in [0.15, 0.2) is 35.7 Å². The van der Waals surface area contributed by atoms with Crippen LogP contribution in [0.25, 0.3) is 0 Å². The van der Waals surface area contributed by atoms with E-state index >= 15 is 0 Å². The molecule has 1 aromatic heterocycles. The van der Waals surface area contributed by atoms with E-state index in [0.717, 1.165) is 19.3 Å². The molecule has 1 aromatic carbocycles. The van der Waals surface area contributed by atoms with Gasteiger partial charge in [0.1, 0.15) is 5.75 Å². The Morgan fingerprint density at radius 1 is 1.33 bits per heavy atom. The van der Waals surface area contributed by atoms with Crippen molar-refractivity contribution in [3.8, 4) is 5.75 Å². The molecule has 1 amide bonds. The summed E-state index contributed by atoms with van der Waals surface area (Å²) >= 11 is 1.77. The number of carbonyl (C=O) groups excluding carboxylic acids is 1. The van der Waals surface area contributed by atoms with Crippen LogP contribution in [0.5, 0.6) is 5.75 Å². The van der Waals surface area contributed by atoms with Crippen molar-refractivity contribution in [1.82, 2.24) is 5.32 Å². The highest BCUT2D eigenvalue weighted by molar-refractivity contribution is 7.10. The summed E-state index contributed by atoms with van der Waals surface area (Å²) in [5, 5.41) is 5.16. The van der Waals surface area contributed by atoms with E-state index in [1.807, 2.05) is 0 Å². The number of hydrogen-bond acceptors (Lipinski definition) is 4. The highest BCUT2D eigenvalue weighted by atomic mass is 32.1. The maximum atomic E-state index is 12.0. The fourth-order valence-electron chi connectivity index (χ4n) is 2.59. The molecule has 110 valence electrons. The maximum Gasteiger partial charge on any atom is 0.258 e. The Balaban J connectivity index is 1.54. The average Bonchev–Trinajstić information content (AvgIpc) is 2.96. The quantitative estimate of drug-likeness (QED) is 0.854. The van der Waals surface area contributed by atoms with E-state index in [9.17, 15) is 4.79 Å². The molecule has 1 heterocycles. The second kappa shape index (κ2) is 6.18. The van der Waals surface area contributed by atoms with E-state index in [1.165, 1.54) is 10.4 Å². The van der Waals surface area contributed by atoms with E-state index in [2.05, 4.69) is 16.8 Å². The van der Waals surface area contributed by atoms with Crippen LogP contribution < -0.4 is 15.8 Å². The molecular weight excluding hydrogens is 284 g/mol. The number of nitrogens with two attached hydrogens (primary N) is 1. The molecule has 0 bridgehead atoms. The van der Waals surface area contributed by atoms with Crippen LogP contribution in [0.1, 0.15) is 29.3 Å². The third-order valence-corrected chi connectivity index (χ3v) is 4.63. The van der Waals surface area contributed by atoms with E-state index in [-0.39, 0.29) is 18.6 Å². The van der Waals surface area contributed by atoms with Crippen molar-refractivity contribution < 1.29 is 9.53 Å². The fraction of sp³-hybridized carbons (Fsp3) is 0.312. The minimum Gasteiger partial charge on any atom is -0.484 e. The number of ether oxygens (including phenoxy) is 1. The van der Waals surface area contributed by atoms with Gasteiger partial charge >= 0.3 is 0 Å². The van der Waals surface area contributed by atoms with Gasteiger partial charge in [0.15, 0.2) is 6.61 Å². The molecule has 2 aromatic rings. The SMILES string of the molecule is Nc1ccc(OCC(=O)NC2CCCc3sccc32)cc1. The second-order valence-corrected chi connectivity index (χ2v) is 6.17. The first kappa shape index (κ1) is 13.9. The Hall–Kier alpha value is -2.01. The number of benzene rings is 1. The summed E-state index contributed by atoms with van der Waals surface area (Å²) in [5.41, 5.74) is 7.56. The fourth-order valence-corrected chi connectivity index (χ4v) is 3.57. The van der Waals surface area contributed by atoms with Crippen LogP contribution in [-0.2, 0) is 11.2 Å². The number of carbonyl (C=O) groups is 1. The maximum absolute atomic E-state index is 12.0. The molecule has 0 fully saturated rings. The first-order valence-electron chi connectivity index (χ1n) is 7.06. The Bertz CT molecular complexity index is 621. The Labute approximate surface area is 127 Å². The molecule has 3 rings (SSSR count). The molecule has 0 spiro atoms. The molecule has 0 saturated carbocycles. The smallest absolute Gasteiger partial charge is 0.258 e. The van der Waals surface area contributed by atoms with E-state index in [0.29, 0.717) is 11.4 Å². The van der Waals surface area contributed by atoms with Crippen molar-refractivity contribution in [2.45, 2.75) is 25.3 Å². The van der Waals surface area contributed by atoms with Gasteiger partial charge in [-0.3, -0.25) is 4.79 Å². The zero-order chi connectivity index (χ0) is 14.7. The monoisotopic (exact) mass is 302 g/mol. The lowest BCUT2D eigenvalue weighted by Crippen LogP contribution is -2.34. The molecule has 21 heavy (non-hydrogen) atoms. The van der Waals surface area contributed by atoms with Crippen molar-refractivity contribution in [1.29, 1.82) is 0 Å². The summed E-state index contributed by atoms with van der Waals surface area (Å²) < 4.78 is 5.47. The lowest BCUT2D eigenvalue weighted by molar-refractivity contribution is -0.123. The number of nitrogens with one attached hydrogen (secondary N) is 1. The van der Waals surface area contributed by atoms with Gasteiger partial charge in [-0.25, -0.2) is 0 Å². The molecule has 1 atom stereocenters. The summed E-state index contributed by atoms with van der Waals surface area (Å²) in [6.07, 6.45) is 3.25. The predicted octanol–water partition coefficient (Wildman–Crippen LogP) is 2.90. The summed E-state index contributed by atoms with van der Waals surface area (Å²) in [6.45, 7) is 0.0277. The van der Waals surface area contributed by atoms with Crippen LogP contribution in [0, 0.1) is 0 Å². The van der Waals surface area contributed by atoms with Crippen LogP contribution in [0.2, 0.25) is 0 Å². The first-order valence-corrected chi connectivity index (χ1v) is 7.94. The van der Waals surface area contributed by atoms with Gasteiger partial charge in [-0.05, 0) is 60.5 Å². The third kappa shape index (κ3) is 3.36. The number of anilines is 1. The van der Waals surface area contributed by atoms with Crippen molar-refractivity contribution in [3.63, 3.8) is 0 Å². The lowest BCUT2D eigenvalue weighted by Gasteiger charge is -2.23. The molecule has 0 radical (unpaired) electrons. The molecule has 0 saturated heterocycles. The first-order chi connectivity index (χ1) is 10.2.